The number of aryl methyl sites for hydroxylation is 2. The molecule has 0 aliphatic rings. The Bertz CT molecular complexity index is 1000. The maximum atomic E-state index is 5.47. The van der Waals surface area contributed by atoms with Crippen LogP contribution in [0.5, 0.6) is 5.75 Å². The molecule has 0 fully saturated rings. The number of aromatic nitrogens is 3. The molecule has 7 nitrogen and oxygen atoms in total. The minimum atomic E-state index is 0. The summed E-state index contributed by atoms with van der Waals surface area (Å²) in [7, 11) is 3.72. The summed E-state index contributed by atoms with van der Waals surface area (Å²) in [6.07, 6.45) is 1.86. The first-order chi connectivity index (χ1) is 14.5. The number of methoxy groups -OCH3 is 1. The zero-order valence-corrected chi connectivity index (χ0v) is 21.1. The topological polar surface area (TPSA) is 67.6 Å². The Kier molecular flexibility index (Phi) is 9.29. The predicted octanol–water partition coefficient (Wildman–Crippen LogP) is 4.11. The summed E-state index contributed by atoms with van der Waals surface area (Å²) in [5.74, 6) is 2.53. The molecule has 8 heteroatoms. The molecular weight excluding hydrogens is 503 g/mol. The van der Waals surface area contributed by atoms with Gasteiger partial charge in [-0.1, -0.05) is 24.3 Å². The molecule has 0 saturated heterocycles. The molecule has 0 aliphatic heterocycles. The molecule has 0 spiro atoms. The zero-order valence-electron chi connectivity index (χ0n) is 18.8. The van der Waals surface area contributed by atoms with Gasteiger partial charge >= 0.3 is 0 Å². The summed E-state index contributed by atoms with van der Waals surface area (Å²) in [5.41, 5.74) is 4.21. The van der Waals surface area contributed by atoms with Crippen molar-refractivity contribution in [2.75, 3.05) is 20.7 Å². The fourth-order valence-electron chi connectivity index (χ4n) is 3.30. The van der Waals surface area contributed by atoms with E-state index in [2.05, 4.69) is 33.3 Å². The fourth-order valence-corrected chi connectivity index (χ4v) is 3.30. The number of hydrogen-bond acceptors (Lipinski definition) is 4. The summed E-state index contributed by atoms with van der Waals surface area (Å²) in [4.78, 5) is 11.4. The maximum Gasteiger partial charge on any atom is 0.194 e. The van der Waals surface area contributed by atoms with Crippen molar-refractivity contribution in [3.8, 4) is 11.6 Å². The van der Waals surface area contributed by atoms with E-state index in [1.807, 2.05) is 68.2 Å². The van der Waals surface area contributed by atoms with E-state index in [-0.39, 0.29) is 24.0 Å². The first-order valence-electron chi connectivity index (χ1n) is 10.1. The van der Waals surface area contributed by atoms with E-state index in [1.165, 1.54) is 0 Å². The van der Waals surface area contributed by atoms with Crippen molar-refractivity contribution in [2.45, 2.75) is 33.9 Å². The quantitative estimate of drug-likeness (QED) is 0.281. The van der Waals surface area contributed by atoms with E-state index in [9.17, 15) is 0 Å². The molecule has 1 N–H and O–H groups in total. The molecule has 0 atom stereocenters. The monoisotopic (exact) mass is 534 g/mol. The summed E-state index contributed by atoms with van der Waals surface area (Å²) in [6, 6.07) is 14.1. The minimum Gasteiger partial charge on any atom is -0.496 e. The van der Waals surface area contributed by atoms with E-state index in [0.717, 1.165) is 46.6 Å². The van der Waals surface area contributed by atoms with Crippen molar-refractivity contribution in [3.63, 3.8) is 0 Å². The number of hydrogen-bond donors (Lipinski definition) is 1. The van der Waals surface area contributed by atoms with E-state index in [0.29, 0.717) is 13.1 Å². The third-order valence-electron chi connectivity index (χ3n) is 4.74. The lowest BCUT2D eigenvalue weighted by Gasteiger charge is -2.23. The second kappa shape index (κ2) is 11.7. The van der Waals surface area contributed by atoms with Gasteiger partial charge in [0.2, 0.25) is 0 Å². The minimum absolute atomic E-state index is 0. The second-order valence-corrected chi connectivity index (χ2v) is 7.20. The van der Waals surface area contributed by atoms with Crippen LogP contribution in [0.2, 0.25) is 0 Å². The third-order valence-corrected chi connectivity index (χ3v) is 4.74. The average molecular weight is 534 g/mol. The van der Waals surface area contributed by atoms with Gasteiger partial charge in [-0.3, -0.25) is 0 Å². The molecule has 0 saturated carbocycles. The Hall–Kier alpha value is -2.62. The molecule has 0 amide bonds. The van der Waals surface area contributed by atoms with Crippen LogP contribution in [0, 0.1) is 13.8 Å². The van der Waals surface area contributed by atoms with Crippen LogP contribution < -0.4 is 10.1 Å². The van der Waals surface area contributed by atoms with Crippen molar-refractivity contribution in [3.05, 3.63) is 71.2 Å². The van der Waals surface area contributed by atoms with Gasteiger partial charge in [0, 0.05) is 37.6 Å². The van der Waals surface area contributed by atoms with Gasteiger partial charge in [-0.2, -0.15) is 5.10 Å². The van der Waals surface area contributed by atoms with Gasteiger partial charge in [0.05, 0.1) is 19.3 Å². The molecule has 0 aliphatic carbocycles. The van der Waals surface area contributed by atoms with Crippen molar-refractivity contribution in [1.29, 1.82) is 0 Å². The molecule has 2 heterocycles. The standard InChI is InChI=1S/C23H30N6O.HI/c1-6-24-23(28(4)16-20-9-7-8-10-21(20)30-5)26-15-19-11-12-22(25-14-19)29-18(3)13-17(2)27-29;/h7-14H,6,15-16H2,1-5H3,(H,24,26);1H. The third kappa shape index (κ3) is 6.43. The van der Waals surface area contributed by atoms with Crippen molar-refractivity contribution in [1.82, 2.24) is 25.0 Å². The van der Waals surface area contributed by atoms with Gasteiger partial charge in [-0.25, -0.2) is 14.7 Å². The lowest BCUT2D eigenvalue weighted by Crippen LogP contribution is -2.38. The molecule has 3 rings (SSSR count). The highest BCUT2D eigenvalue weighted by Gasteiger charge is 2.10. The van der Waals surface area contributed by atoms with Crippen molar-refractivity contribution >= 4 is 29.9 Å². The number of nitrogens with one attached hydrogen (secondary N) is 1. The van der Waals surface area contributed by atoms with Crippen LogP contribution >= 0.6 is 24.0 Å². The van der Waals surface area contributed by atoms with Gasteiger partial charge in [-0.15, -0.1) is 24.0 Å². The highest BCUT2D eigenvalue weighted by Crippen LogP contribution is 2.19. The summed E-state index contributed by atoms with van der Waals surface area (Å²) in [6.45, 7) is 8.12. The molecule has 3 aromatic rings. The molecule has 0 unspecified atom stereocenters. The van der Waals surface area contributed by atoms with Crippen LogP contribution in [-0.4, -0.2) is 46.3 Å². The number of halogens is 1. The Labute approximate surface area is 201 Å². The Morgan fingerprint density at radius 3 is 2.58 bits per heavy atom. The van der Waals surface area contributed by atoms with Crippen LogP contribution in [0.15, 0.2) is 53.7 Å². The molecule has 166 valence electrons. The number of ether oxygens (including phenoxy) is 1. The molecule has 31 heavy (non-hydrogen) atoms. The SMILES string of the molecule is CCNC(=NCc1ccc(-n2nc(C)cc2C)nc1)N(C)Cc1ccccc1OC.I. The van der Waals surface area contributed by atoms with Gasteiger partial charge in [0.25, 0.3) is 0 Å². The molecular formula is C23H31IN6O. The summed E-state index contributed by atoms with van der Waals surface area (Å²) in [5, 5.41) is 7.84. The van der Waals surface area contributed by atoms with E-state index >= 15 is 0 Å². The highest BCUT2D eigenvalue weighted by atomic mass is 127. The van der Waals surface area contributed by atoms with Gasteiger partial charge < -0.3 is 15.0 Å². The Morgan fingerprint density at radius 2 is 1.97 bits per heavy atom. The van der Waals surface area contributed by atoms with Gasteiger partial charge in [-0.05, 0) is 44.5 Å². The number of benzene rings is 1. The molecule has 0 radical (unpaired) electrons. The van der Waals surface area contributed by atoms with Gasteiger partial charge in [0.15, 0.2) is 11.8 Å². The maximum absolute atomic E-state index is 5.47. The predicted molar refractivity (Wildman–Crippen MR) is 136 cm³/mol. The first kappa shape index (κ1) is 24.6. The molecule has 0 bridgehead atoms. The average Bonchev–Trinajstić information content (AvgIpc) is 3.09. The van der Waals surface area contributed by atoms with Crippen LogP contribution in [0.4, 0.5) is 0 Å². The van der Waals surface area contributed by atoms with Crippen LogP contribution in [0.3, 0.4) is 0 Å². The van der Waals surface area contributed by atoms with E-state index in [1.54, 1.807) is 7.11 Å². The van der Waals surface area contributed by atoms with Crippen LogP contribution in [-0.2, 0) is 13.1 Å². The number of aliphatic imine (C=N–C) groups is 1. The Balaban J connectivity index is 0.00000341. The second-order valence-electron chi connectivity index (χ2n) is 7.20. The number of nitrogens with zero attached hydrogens (tertiary/aromatic N) is 5. The van der Waals surface area contributed by atoms with E-state index in [4.69, 9.17) is 9.73 Å². The number of guanidine groups is 1. The lowest BCUT2D eigenvalue weighted by atomic mass is 10.2. The summed E-state index contributed by atoms with van der Waals surface area (Å²) < 4.78 is 7.33. The molecule has 2 aromatic heterocycles. The normalized spacial score (nSPS) is 11.1. The number of para-hydroxylation sites is 1. The fraction of sp³-hybridized carbons (Fsp3) is 0.348. The van der Waals surface area contributed by atoms with Crippen molar-refractivity contribution < 1.29 is 4.74 Å². The van der Waals surface area contributed by atoms with E-state index < -0.39 is 0 Å². The zero-order chi connectivity index (χ0) is 21.5. The summed E-state index contributed by atoms with van der Waals surface area (Å²) >= 11 is 0. The van der Waals surface area contributed by atoms with Gasteiger partial charge in [0.1, 0.15) is 5.75 Å². The number of pyridine rings is 1. The van der Waals surface area contributed by atoms with Crippen molar-refractivity contribution in [2.24, 2.45) is 4.99 Å². The highest BCUT2D eigenvalue weighted by molar-refractivity contribution is 14.0. The molecule has 1 aromatic carbocycles. The first-order valence-corrected chi connectivity index (χ1v) is 10.1. The number of rotatable bonds is 7. The van der Waals surface area contributed by atoms with Crippen LogP contribution in [0.25, 0.3) is 5.82 Å². The smallest absolute Gasteiger partial charge is 0.194 e. The van der Waals surface area contributed by atoms with Crippen LogP contribution in [0.1, 0.15) is 29.4 Å². The Morgan fingerprint density at radius 1 is 1.19 bits per heavy atom. The largest absolute Gasteiger partial charge is 0.496 e. The lowest BCUT2D eigenvalue weighted by molar-refractivity contribution is 0.396.